The van der Waals surface area contributed by atoms with Crippen LogP contribution in [0.15, 0.2) is 42.7 Å². The van der Waals surface area contributed by atoms with Crippen molar-refractivity contribution in [3.63, 3.8) is 0 Å². The van der Waals surface area contributed by atoms with Gasteiger partial charge in [-0.05, 0) is 24.8 Å². The van der Waals surface area contributed by atoms with E-state index in [9.17, 15) is 9.59 Å². The fourth-order valence-corrected chi connectivity index (χ4v) is 3.67. The molecule has 0 radical (unpaired) electrons. The molecule has 2 aromatic rings. The maximum atomic E-state index is 12.9. The summed E-state index contributed by atoms with van der Waals surface area (Å²) in [7, 11) is 3.47. The number of methoxy groups -OCH3 is 1. The van der Waals surface area contributed by atoms with Crippen LogP contribution in [-0.2, 0) is 16.1 Å². The quantitative estimate of drug-likeness (QED) is 0.814. The Bertz CT molecular complexity index is 748. The zero-order valence-electron chi connectivity index (χ0n) is 15.7. The fraction of sp³-hybridized carbons (Fsp3) is 0.450. The normalized spacial score (nSPS) is 22.2. The number of benzene rings is 1. The molecule has 0 aliphatic heterocycles. The minimum absolute atomic E-state index is 0.102. The highest BCUT2D eigenvalue weighted by atomic mass is 16.5. The summed E-state index contributed by atoms with van der Waals surface area (Å²) in [5, 5.41) is 2.97. The lowest BCUT2D eigenvalue weighted by molar-refractivity contribution is -0.137. The summed E-state index contributed by atoms with van der Waals surface area (Å²) in [5.74, 6) is -0.0463. The first-order chi connectivity index (χ1) is 13.1. The zero-order chi connectivity index (χ0) is 19.2. The number of rotatable bonds is 6. The Hall–Kier alpha value is -2.67. The summed E-state index contributed by atoms with van der Waals surface area (Å²) < 4.78 is 5.54. The number of imidazole rings is 1. The number of carbonyl (C=O) groups excluding carboxylic acids is 2. The number of nitrogens with one attached hydrogen (secondary N) is 2. The molecule has 0 spiro atoms. The van der Waals surface area contributed by atoms with Crippen molar-refractivity contribution >= 4 is 11.8 Å². The van der Waals surface area contributed by atoms with Gasteiger partial charge >= 0.3 is 0 Å². The minimum Gasteiger partial charge on any atom is -0.379 e. The summed E-state index contributed by atoms with van der Waals surface area (Å²) in [6.45, 7) is 0.577. The van der Waals surface area contributed by atoms with Crippen molar-refractivity contribution in [1.82, 2.24) is 20.2 Å². The van der Waals surface area contributed by atoms with Crippen LogP contribution in [0, 0.1) is 5.92 Å². The molecule has 1 aliphatic carbocycles. The van der Waals surface area contributed by atoms with Gasteiger partial charge in [0.25, 0.3) is 5.91 Å². The van der Waals surface area contributed by atoms with E-state index >= 15 is 0 Å². The molecule has 0 saturated heterocycles. The van der Waals surface area contributed by atoms with Gasteiger partial charge in [0, 0.05) is 39.0 Å². The number of ether oxygens (including phenoxy) is 1. The van der Waals surface area contributed by atoms with Crippen molar-refractivity contribution in [3.8, 4) is 0 Å². The molecule has 1 heterocycles. The first kappa shape index (κ1) is 19.1. The van der Waals surface area contributed by atoms with E-state index in [-0.39, 0.29) is 35.7 Å². The third-order valence-corrected chi connectivity index (χ3v) is 5.11. The van der Waals surface area contributed by atoms with E-state index in [1.165, 1.54) is 6.20 Å². The summed E-state index contributed by atoms with van der Waals surface area (Å²) in [6.07, 6.45) is 5.08. The summed E-state index contributed by atoms with van der Waals surface area (Å²) in [5.41, 5.74) is 1.10. The van der Waals surface area contributed by atoms with Gasteiger partial charge in [-0.15, -0.1) is 0 Å². The summed E-state index contributed by atoms with van der Waals surface area (Å²) in [6, 6.07) is 9.70. The summed E-state index contributed by atoms with van der Waals surface area (Å²) >= 11 is 0. The van der Waals surface area contributed by atoms with E-state index in [1.807, 2.05) is 37.4 Å². The van der Waals surface area contributed by atoms with Gasteiger partial charge in [-0.2, -0.15) is 0 Å². The number of aromatic nitrogens is 2. The first-order valence-corrected chi connectivity index (χ1v) is 9.20. The molecule has 1 aromatic heterocycles. The van der Waals surface area contributed by atoms with Gasteiger partial charge in [0.2, 0.25) is 5.91 Å². The Morgan fingerprint density at radius 3 is 2.74 bits per heavy atom. The second-order valence-corrected chi connectivity index (χ2v) is 6.98. The second kappa shape index (κ2) is 8.81. The molecule has 1 aromatic carbocycles. The van der Waals surface area contributed by atoms with Crippen molar-refractivity contribution in [2.45, 2.75) is 38.0 Å². The molecule has 1 fully saturated rings. The number of aromatic amines is 1. The van der Waals surface area contributed by atoms with Crippen LogP contribution in [0.2, 0.25) is 0 Å². The van der Waals surface area contributed by atoms with E-state index in [0.717, 1.165) is 18.4 Å². The van der Waals surface area contributed by atoms with Gasteiger partial charge in [0.1, 0.15) is 0 Å². The maximum Gasteiger partial charge on any atom is 0.287 e. The van der Waals surface area contributed by atoms with Crippen molar-refractivity contribution in [3.05, 3.63) is 54.1 Å². The van der Waals surface area contributed by atoms with Crippen LogP contribution in [-0.4, -0.2) is 53.0 Å². The molecule has 3 rings (SSSR count). The van der Waals surface area contributed by atoms with Gasteiger partial charge in [-0.25, -0.2) is 4.98 Å². The van der Waals surface area contributed by atoms with E-state index in [1.54, 1.807) is 18.2 Å². The van der Waals surface area contributed by atoms with Gasteiger partial charge in [0.15, 0.2) is 5.82 Å². The van der Waals surface area contributed by atoms with Crippen molar-refractivity contribution < 1.29 is 14.3 Å². The lowest BCUT2D eigenvalue weighted by Gasteiger charge is -2.36. The molecule has 1 aliphatic rings. The monoisotopic (exact) mass is 370 g/mol. The molecule has 0 unspecified atom stereocenters. The van der Waals surface area contributed by atoms with E-state index in [2.05, 4.69) is 15.3 Å². The molecule has 1 saturated carbocycles. The van der Waals surface area contributed by atoms with Crippen LogP contribution >= 0.6 is 0 Å². The zero-order valence-corrected chi connectivity index (χ0v) is 15.7. The van der Waals surface area contributed by atoms with Gasteiger partial charge < -0.3 is 19.9 Å². The molecule has 27 heavy (non-hydrogen) atoms. The maximum absolute atomic E-state index is 12.9. The van der Waals surface area contributed by atoms with Gasteiger partial charge in [-0.1, -0.05) is 30.3 Å². The SMILES string of the molecule is CO[C@@H]1CC[C@H](C(=O)N(C)Cc2ccccc2)C[C@H]1NC(=O)c1ncc[nH]1. The molecule has 2 amide bonds. The fourth-order valence-electron chi connectivity index (χ4n) is 3.67. The third-order valence-electron chi connectivity index (χ3n) is 5.11. The topological polar surface area (TPSA) is 87.3 Å². The Balaban J connectivity index is 1.62. The van der Waals surface area contributed by atoms with Crippen LogP contribution in [0.3, 0.4) is 0 Å². The molecule has 3 atom stereocenters. The molecule has 7 heteroatoms. The van der Waals surface area contributed by atoms with Crippen LogP contribution in [0.4, 0.5) is 0 Å². The Kier molecular flexibility index (Phi) is 6.24. The molecule has 144 valence electrons. The first-order valence-electron chi connectivity index (χ1n) is 9.20. The number of H-pyrrole nitrogens is 1. The van der Waals surface area contributed by atoms with E-state index in [4.69, 9.17) is 4.74 Å². The smallest absolute Gasteiger partial charge is 0.287 e. The van der Waals surface area contributed by atoms with Crippen LogP contribution in [0.25, 0.3) is 0 Å². The average molecular weight is 370 g/mol. The van der Waals surface area contributed by atoms with Crippen LogP contribution in [0.1, 0.15) is 35.4 Å². The van der Waals surface area contributed by atoms with E-state index < -0.39 is 0 Å². The Morgan fingerprint density at radius 1 is 1.30 bits per heavy atom. The number of amides is 2. The third kappa shape index (κ3) is 4.74. The standard InChI is InChI=1S/C20H26N4O3/c1-24(13-14-6-4-3-5-7-14)20(26)15-8-9-17(27-2)16(12-15)23-19(25)18-21-10-11-22-18/h3-7,10-11,15-17H,8-9,12-13H2,1-2H3,(H,21,22)(H,23,25)/t15-,16+,17+/m0/s1. The van der Waals surface area contributed by atoms with Crippen molar-refractivity contribution in [1.29, 1.82) is 0 Å². The average Bonchev–Trinajstić information content (AvgIpc) is 3.23. The molecule has 0 bridgehead atoms. The Labute approximate surface area is 159 Å². The molecule has 2 N–H and O–H groups in total. The van der Waals surface area contributed by atoms with Crippen molar-refractivity contribution in [2.24, 2.45) is 5.92 Å². The largest absolute Gasteiger partial charge is 0.379 e. The van der Waals surface area contributed by atoms with Gasteiger partial charge in [0.05, 0.1) is 12.1 Å². The van der Waals surface area contributed by atoms with E-state index in [0.29, 0.717) is 13.0 Å². The molecular weight excluding hydrogens is 344 g/mol. The van der Waals surface area contributed by atoms with Crippen LogP contribution < -0.4 is 5.32 Å². The summed E-state index contributed by atoms with van der Waals surface area (Å²) in [4.78, 5) is 33.8. The predicted molar refractivity (Wildman–Crippen MR) is 101 cm³/mol. The molecule has 7 nitrogen and oxygen atoms in total. The number of hydrogen-bond donors (Lipinski definition) is 2. The number of carbonyl (C=O) groups is 2. The highest BCUT2D eigenvalue weighted by Crippen LogP contribution is 2.28. The number of nitrogens with zero attached hydrogens (tertiary/aromatic N) is 2. The lowest BCUT2D eigenvalue weighted by atomic mass is 9.82. The van der Waals surface area contributed by atoms with Gasteiger partial charge in [-0.3, -0.25) is 9.59 Å². The van der Waals surface area contributed by atoms with Crippen LogP contribution in [0.5, 0.6) is 0 Å². The minimum atomic E-state index is -0.280. The predicted octanol–water partition coefficient (Wildman–Crippen LogP) is 1.98. The molecular formula is C20H26N4O3. The number of hydrogen-bond acceptors (Lipinski definition) is 4. The lowest BCUT2D eigenvalue weighted by Crippen LogP contribution is -2.50. The highest BCUT2D eigenvalue weighted by Gasteiger charge is 2.36. The highest BCUT2D eigenvalue weighted by molar-refractivity contribution is 5.90. The second-order valence-electron chi connectivity index (χ2n) is 6.98. The Morgan fingerprint density at radius 2 is 2.07 bits per heavy atom. The van der Waals surface area contributed by atoms with Crippen molar-refractivity contribution in [2.75, 3.05) is 14.2 Å².